The van der Waals surface area contributed by atoms with Gasteiger partial charge in [0.1, 0.15) is 23.9 Å². The zero-order valence-corrected chi connectivity index (χ0v) is 20.2. The Morgan fingerprint density at radius 2 is 1.75 bits per heavy atom. The first kappa shape index (κ1) is 21.9. The van der Waals surface area contributed by atoms with Gasteiger partial charge in [-0.05, 0) is 42.8 Å². The number of ether oxygens (including phenoxy) is 4. The lowest BCUT2D eigenvalue weighted by molar-refractivity contribution is 0.306. The number of rotatable bonds is 6. The fraction of sp³-hybridized carbons (Fsp3) is 0.179. The number of hydrogen-bond donors (Lipinski definition) is 0. The van der Waals surface area contributed by atoms with Crippen molar-refractivity contribution in [2.45, 2.75) is 20.0 Å². The van der Waals surface area contributed by atoms with E-state index in [0.29, 0.717) is 42.0 Å². The van der Waals surface area contributed by atoms with Gasteiger partial charge in [-0.25, -0.2) is 9.50 Å². The normalized spacial score (nSPS) is 12.0. The summed E-state index contributed by atoms with van der Waals surface area (Å²) in [5.41, 5.74) is 4.44. The molecule has 1 aliphatic heterocycles. The van der Waals surface area contributed by atoms with Gasteiger partial charge in [0.25, 0.3) is 0 Å². The molecule has 1 aliphatic rings. The molecule has 0 atom stereocenters. The average Bonchev–Trinajstić information content (AvgIpc) is 3.22. The minimum Gasteiger partial charge on any atom is -0.493 e. The molecule has 0 radical (unpaired) electrons. The van der Waals surface area contributed by atoms with Crippen LogP contribution in [0.3, 0.4) is 0 Å². The minimum atomic E-state index is 0.442. The van der Waals surface area contributed by atoms with Crippen molar-refractivity contribution in [3.05, 3.63) is 89.4 Å². The Kier molecular flexibility index (Phi) is 5.41. The van der Waals surface area contributed by atoms with Gasteiger partial charge in [0.05, 0.1) is 19.9 Å². The fourth-order valence-electron chi connectivity index (χ4n) is 4.44. The molecule has 8 nitrogen and oxygen atoms in total. The Bertz CT molecular complexity index is 1560. The SMILES string of the molecule is COc1cc2cc(c1OC)Cc1nc(C)n3nc(-c4ccc(OCc5ccccc5)cc4)nc(c13)O2. The standard InChI is InChI=1S/C28H24N4O4/c1-17-29-23-14-20-13-22(15-24(33-2)26(20)34-3)36-28-25(23)32(17)31-27(30-28)19-9-11-21(12-10-19)35-16-18-7-5-4-6-8-18/h4-13,15H,14,16H2,1-3H3. The lowest BCUT2D eigenvalue weighted by atomic mass is 10.1. The molecule has 3 aromatic carbocycles. The van der Waals surface area contributed by atoms with Gasteiger partial charge >= 0.3 is 0 Å². The molecule has 5 aromatic rings. The summed E-state index contributed by atoms with van der Waals surface area (Å²) in [5.74, 6) is 4.37. The predicted octanol–water partition coefficient (Wildman–Crippen LogP) is 5.39. The quantitative estimate of drug-likeness (QED) is 0.316. The van der Waals surface area contributed by atoms with Crippen LogP contribution < -0.4 is 18.9 Å². The largest absolute Gasteiger partial charge is 0.493 e. The number of nitrogens with zero attached hydrogens (tertiary/aromatic N) is 4. The van der Waals surface area contributed by atoms with Crippen molar-refractivity contribution >= 4 is 5.52 Å². The van der Waals surface area contributed by atoms with Gasteiger partial charge in [0.15, 0.2) is 22.8 Å². The van der Waals surface area contributed by atoms with E-state index in [0.717, 1.165) is 39.5 Å². The Hall–Kier alpha value is -4.59. The number of methoxy groups -OCH3 is 2. The maximum Gasteiger partial charge on any atom is 0.249 e. The molecule has 0 N–H and O–H groups in total. The third-order valence-corrected chi connectivity index (χ3v) is 6.16. The van der Waals surface area contributed by atoms with Crippen LogP contribution in [0, 0.1) is 6.92 Å². The molecule has 0 fully saturated rings. The van der Waals surface area contributed by atoms with Crippen LogP contribution in [0.15, 0.2) is 66.7 Å². The summed E-state index contributed by atoms with van der Waals surface area (Å²) in [4.78, 5) is 9.56. The van der Waals surface area contributed by atoms with Crippen LogP contribution in [0.4, 0.5) is 0 Å². The topological polar surface area (TPSA) is 80.0 Å². The van der Waals surface area contributed by atoms with Crippen molar-refractivity contribution in [3.8, 4) is 40.3 Å². The third-order valence-electron chi connectivity index (χ3n) is 6.16. The average molecular weight is 481 g/mol. The van der Waals surface area contributed by atoms with E-state index in [1.165, 1.54) is 0 Å². The van der Waals surface area contributed by atoms with Gasteiger partial charge in [-0.3, -0.25) is 0 Å². The van der Waals surface area contributed by atoms with Gasteiger partial charge < -0.3 is 18.9 Å². The van der Waals surface area contributed by atoms with Crippen LogP contribution in [0.25, 0.3) is 16.9 Å². The van der Waals surface area contributed by atoms with Gasteiger partial charge in [-0.15, -0.1) is 5.10 Å². The van der Waals surface area contributed by atoms with Gasteiger partial charge in [-0.2, -0.15) is 4.98 Å². The van der Waals surface area contributed by atoms with E-state index in [1.54, 1.807) is 24.8 Å². The number of aromatic nitrogens is 4. The van der Waals surface area contributed by atoms with E-state index >= 15 is 0 Å². The molecule has 0 unspecified atom stereocenters. The molecular formula is C28H24N4O4. The summed E-state index contributed by atoms with van der Waals surface area (Å²) in [6.45, 7) is 2.42. The lowest BCUT2D eigenvalue weighted by Gasteiger charge is -2.18. The third kappa shape index (κ3) is 3.86. The molecule has 2 bridgehead atoms. The molecule has 6 rings (SSSR count). The maximum atomic E-state index is 6.27. The Balaban J connectivity index is 1.36. The van der Waals surface area contributed by atoms with Gasteiger partial charge in [-0.1, -0.05) is 30.3 Å². The van der Waals surface area contributed by atoms with Crippen molar-refractivity contribution in [1.29, 1.82) is 0 Å². The van der Waals surface area contributed by atoms with E-state index in [-0.39, 0.29) is 0 Å². The molecule has 0 saturated heterocycles. The van der Waals surface area contributed by atoms with E-state index in [9.17, 15) is 0 Å². The van der Waals surface area contributed by atoms with E-state index in [2.05, 4.69) is 0 Å². The van der Waals surface area contributed by atoms with Crippen LogP contribution in [-0.2, 0) is 13.0 Å². The highest BCUT2D eigenvalue weighted by Crippen LogP contribution is 2.41. The molecule has 36 heavy (non-hydrogen) atoms. The highest BCUT2D eigenvalue weighted by Gasteiger charge is 2.25. The summed E-state index contributed by atoms with van der Waals surface area (Å²) in [6.07, 6.45) is 0.539. The predicted molar refractivity (Wildman–Crippen MR) is 134 cm³/mol. The Labute approximate surface area is 208 Å². The van der Waals surface area contributed by atoms with Crippen LogP contribution >= 0.6 is 0 Å². The first-order valence-electron chi connectivity index (χ1n) is 11.6. The monoisotopic (exact) mass is 480 g/mol. The van der Waals surface area contributed by atoms with E-state index in [1.807, 2.05) is 67.6 Å². The molecule has 2 aromatic heterocycles. The summed E-state index contributed by atoms with van der Waals surface area (Å²) in [7, 11) is 3.24. The molecule has 0 amide bonds. The van der Waals surface area contributed by atoms with Crippen molar-refractivity contribution < 1.29 is 18.9 Å². The second-order valence-electron chi connectivity index (χ2n) is 8.50. The molecule has 0 spiro atoms. The number of fused-ring (bicyclic) bond motifs is 2. The van der Waals surface area contributed by atoms with Gasteiger partial charge in [0.2, 0.25) is 5.88 Å². The van der Waals surface area contributed by atoms with Crippen molar-refractivity contribution in [3.63, 3.8) is 0 Å². The summed E-state index contributed by atoms with van der Waals surface area (Å²) in [5, 5.41) is 4.78. The van der Waals surface area contributed by atoms with Crippen LogP contribution in [-0.4, -0.2) is 33.8 Å². The second-order valence-corrected chi connectivity index (χ2v) is 8.50. The highest BCUT2D eigenvalue weighted by molar-refractivity contribution is 5.68. The second kappa shape index (κ2) is 8.88. The first-order valence-corrected chi connectivity index (χ1v) is 11.6. The molecular weight excluding hydrogens is 456 g/mol. The number of imidazole rings is 1. The summed E-state index contributed by atoms with van der Waals surface area (Å²) < 4.78 is 25.1. The molecule has 3 heterocycles. The van der Waals surface area contributed by atoms with Crippen LogP contribution in [0.2, 0.25) is 0 Å². The fourth-order valence-corrected chi connectivity index (χ4v) is 4.44. The maximum absolute atomic E-state index is 6.27. The highest BCUT2D eigenvalue weighted by atomic mass is 16.5. The molecule has 8 heteroatoms. The van der Waals surface area contributed by atoms with Crippen molar-refractivity contribution in [1.82, 2.24) is 19.6 Å². The first-order chi connectivity index (χ1) is 17.6. The van der Waals surface area contributed by atoms with Gasteiger partial charge in [0, 0.05) is 23.6 Å². The molecule has 180 valence electrons. The number of hydrogen-bond acceptors (Lipinski definition) is 7. The van der Waals surface area contributed by atoms with Crippen molar-refractivity contribution in [2.24, 2.45) is 0 Å². The Morgan fingerprint density at radius 1 is 0.944 bits per heavy atom. The zero-order chi connectivity index (χ0) is 24.6. The summed E-state index contributed by atoms with van der Waals surface area (Å²) in [6, 6.07) is 21.5. The zero-order valence-electron chi connectivity index (χ0n) is 20.2. The minimum absolute atomic E-state index is 0.442. The summed E-state index contributed by atoms with van der Waals surface area (Å²) >= 11 is 0. The van der Waals surface area contributed by atoms with E-state index < -0.39 is 0 Å². The molecule has 0 saturated carbocycles. The van der Waals surface area contributed by atoms with Crippen LogP contribution in [0.1, 0.15) is 22.6 Å². The smallest absolute Gasteiger partial charge is 0.249 e. The lowest BCUT2D eigenvalue weighted by Crippen LogP contribution is -2.06. The van der Waals surface area contributed by atoms with E-state index in [4.69, 9.17) is 34.0 Å². The van der Waals surface area contributed by atoms with Crippen molar-refractivity contribution in [2.75, 3.05) is 14.2 Å². The Morgan fingerprint density at radius 3 is 2.50 bits per heavy atom. The number of aryl methyl sites for hydroxylation is 1. The molecule has 0 aliphatic carbocycles. The number of benzene rings is 3. The van der Waals surface area contributed by atoms with Crippen LogP contribution in [0.5, 0.6) is 28.9 Å².